The van der Waals surface area contributed by atoms with Gasteiger partial charge < -0.3 is 20.1 Å². The molecule has 10 heteroatoms. The van der Waals surface area contributed by atoms with Crippen molar-refractivity contribution in [2.45, 2.75) is 59.3 Å². The lowest BCUT2D eigenvalue weighted by molar-refractivity contribution is -0.000224. The van der Waals surface area contributed by atoms with Crippen LogP contribution in [0.3, 0.4) is 0 Å². The van der Waals surface area contributed by atoms with Gasteiger partial charge in [0.25, 0.3) is 0 Å². The third-order valence-electron chi connectivity index (χ3n) is 3.55. The van der Waals surface area contributed by atoms with Crippen molar-refractivity contribution in [2.24, 2.45) is 5.73 Å². The lowest BCUT2D eigenvalue weighted by Crippen LogP contribution is -2.43. The van der Waals surface area contributed by atoms with Crippen molar-refractivity contribution < 1.29 is 23.9 Å². The van der Waals surface area contributed by atoms with Crippen LogP contribution in [0.15, 0.2) is 18.2 Å². The molecule has 0 saturated carbocycles. The minimum Gasteiger partial charge on any atom is -0.443 e. The Balaban J connectivity index is 3.41. The van der Waals surface area contributed by atoms with Crippen LogP contribution in [0, 0.1) is 0 Å². The number of anilines is 2. The number of rotatable bonds is 4. The van der Waals surface area contributed by atoms with Gasteiger partial charge in [-0.2, -0.15) is 0 Å². The van der Waals surface area contributed by atoms with Crippen LogP contribution in [0.25, 0.3) is 0 Å². The van der Waals surface area contributed by atoms with Gasteiger partial charge in [-0.25, -0.2) is 23.6 Å². The van der Waals surface area contributed by atoms with Crippen molar-refractivity contribution in [2.75, 3.05) is 23.3 Å². The summed E-state index contributed by atoms with van der Waals surface area (Å²) in [4.78, 5) is 39.8. The van der Waals surface area contributed by atoms with E-state index >= 15 is 0 Å². The second kappa shape index (κ2) is 9.46. The first kappa shape index (κ1) is 25.4. The van der Waals surface area contributed by atoms with Gasteiger partial charge in [0.1, 0.15) is 11.2 Å². The van der Waals surface area contributed by atoms with Gasteiger partial charge in [-0.3, -0.25) is 0 Å². The summed E-state index contributed by atoms with van der Waals surface area (Å²) in [6.07, 6.45) is -1.69. The summed E-state index contributed by atoms with van der Waals surface area (Å²) in [6, 6.07) is 4.24. The van der Waals surface area contributed by atoms with Gasteiger partial charge in [0.2, 0.25) is 0 Å². The predicted molar refractivity (Wildman–Crippen MR) is 120 cm³/mol. The molecule has 0 aliphatic rings. The maximum atomic E-state index is 12.8. The largest absolute Gasteiger partial charge is 0.443 e. The Kier molecular flexibility index (Phi) is 8.02. The third kappa shape index (κ3) is 7.66. The zero-order valence-electron chi connectivity index (χ0n) is 18.8. The summed E-state index contributed by atoms with van der Waals surface area (Å²) in [5.41, 5.74) is 5.35. The van der Waals surface area contributed by atoms with Crippen LogP contribution in [0.5, 0.6) is 0 Å². The molecule has 0 spiro atoms. The molecule has 2 N–H and O–H groups in total. The Labute approximate surface area is 183 Å². The second-order valence-corrected chi connectivity index (χ2v) is 9.30. The Hall–Kier alpha value is -2.62. The summed E-state index contributed by atoms with van der Waals surface area (Å²) in [6.45, 7) is 10.1. The van der Waals surface area contributed by atoms with Gasteiger partial charge in [0.05, 0.1) is 12.2 Å². The standard InChI is InChI=1S/C20H32N4O5S/c1-19(2,3)28-17(26)23(18(27)29-20(4,5)6)12-13-11-14(24(30)16(21)25)9-10-15(13)22(7)8/h9-11,30H,12H2,1-8H3,(H2,21,25). The Morgan fingerprint density at radius 3 is 1.80 bits per heavy atom. The molecule has 0 heterocycles. The van der Waals surface area contributed by atoms with E-state index in [1.54, 1.807) is 59.7 Å². The fraction of sp³-hybridized carbons (Fsp3) is 0.550. The van der Waals surface area contributed by atoms with Crippen molar-refractivity contribution in [3.63, 3.8) is 0 Å². The van der Waals surface area contributed by atoms with Gasteiger partial charge in [0.15, 0.2) is 0 Å². The van der Waals surface area contributed by atoms with E-state index < -0.39 is 29.4 Å². The monoisotopic (exact) mass is 440 g/mol. The fourth-order valence-corrected chi connectivity index (χ4v) is 2.53. The van der Waals surface area contributed by atoms with Gasteiger partial charge in [-0.15, -0.1) is 0 Å². The van der Waals surface area contributed by atoms with E-state index in [0.717, 1.165) is 14.9 Å². The summed E-state index contributed by atoms with van der Waals surface area (Å²) >= 11 is 4.08. The summed E-state index contributed by atoms with van der Waals surface area (Å²) in [5.74, 6) is 0. The van der Waals surface area contributed by atoms with E-state index in [2.05, 4.69) is 12.8 Å². The molecule has 1 aromatic rings. The van der Waals surface area contributed by atoms with E-state index in [4.69, 9.17) is 15.2 Å². The number of amides is 4. The van der Waals surface area contributed by atoms with Crippen LogP contribution in [0.2, 0.25) is 0 Å². The summed E-state index contributed by atoms with van der Waals surface area (Å²) < 4.78 is 11.8. The van der Waals surface area contributed by atoms with E-state index in [9.17, 15) is 14.4 Å². The van der Waals surface area contributed by atoms with Gasteiger partial charge in [0, 0.05) is 19.8 Å². The quantitative estimate of drug-likeness (QED) is 0.681. The molecule has 0 fully saturated rings. The van der Waals surface area contributed by atoms with Crippen LogP contribution >= 0.6 is 12.8 Å². The molecule has 0 saturated heterocycles. The van der Waals surface area contributed by atoms with Gasteiger partial charge >= 0.3 is 18.2 Å². The molecule has 0 atom stereocenters. The van der Waals surface area contributed by atoms with Crippen molar-refractivity contribution in [1.82, 2.24) is 4.90 Å². The molecule has 0 bridgehead atoms. The first-order chi connectivity index (χ1) is 13.5. The number of primary amides is 1. The molecule has 9 nitrogen and oxygen atoms in total. The van der Waals surface area contributed by atoms with Crippen LogP contribution in [-0.2, 0) is 16.0 Å². The van der Waals surface area contributed by atoms with Crippen molar-refractivity contribution in [3.05, 3.63) is 23.8 Å². The average Bonchev–Trinajstić information content (AvgIpc) is 2.55. The van der Waals surface area contributed by atoms with E-state index in [1.165, 1.54) is 0 Å². The smallest absolute Gasteiger partial charge is 0.420 e. The molecular formula is C20H32N4O5S. The molecule has 168 valence electrons. The molecule has 0 radical (unpaired) electrons. The molecule has 1 rings (SSSR count). The highest BCUT2D eigenvalue weighted by Gasteiger charge is 2.32. The summed E-state index contributed by atoms with van der Waals surface area (Å²) in [5, 5.41) is 0. The second-order valence-electron chi connectivity index (χ2n) is 8.90. The van der Waals surface area contributed by atoms with Crippen molar-refractivity contribution >= 4 is 42.4 Å². The van der Waals surface area contributed by atoms with Crippen LogP contribution < -0.4 is 14.9 Å². The zero-order valence-corrected chi connectivity index (χ0v) is 19.7. The molecule has 0 aromatic heterocycles. The van der Waals surface area contributed by atoms with E-state index in [0.29, 0.717) is 11.3 Å². The molecule has 0 aliphatic carbocycles. The molecule has 1 aromatic carbocycles. The number of urea groups is 1. The first-order valence-corrected chi connectivity index (χ1v) is 9.74. The highest BCUT2D eigenvalue weighted by atomic mass is 32.1. The highest BCUT2D eigenvalue weighted by Crippen LogP contribution is 2.28. The van der Waals surface area contributed by atoms with Crippen LogP contribution in [0.4, 0.5) is 25.8 Å². The summed E-state index contributed by atoms with van der Waals surface area (Å²) in [7, 11) is 3.63. The Morgan fingerprint density at radius 2 is 1.43 bits per heavy atom. The number of imide groups is 1. The molecular weight excluding hydrogens is 408 g/mol. The lowest BCUT2D eigenvalue weighted by Gasteiger charge is -2.30. The number of thiol groups is 1. The minimum atomic E-state index is -0.843. The third-order valence-corrected chi connectivity index (χ3v) is 3.98. The Bertz CT molecular complexity index is 771. The van der Waals surface area contributed by atoms with Gasteiger partial charge in [-0.05, 0) is 65.3 Å². The topological polar surface area (TPSA) is 105 Å². The number of ether oxygens (including phenoxy) is 2. The number of carbonyl (C=O) groups is 3. The van der Waals surface area contributed by atoms with Crippen molar-refractivity contribution in [3.8, 4) is 0 Å². The molecule has 30 heavy (non-hydrogen) atoms. The normalized spacial score (nSPS) is 11.5. The van der Waals surface area contributed by atoms with Crippen LogP contribution in [0.1, 0.15) is 47.1 Å². The van der Waals surface area contributed by atoms with Crippen molar-refractivity contribution in [1.29, 1.82) is 0 Å². The Morgan fingerprint density at radius 1 is 0.967 bits per heavy atom. The van der Waals surface area contributed by atoms with Gasteiger partial charge in [-0.1, -0.05) is 12.8 Å². The SMILES string of the molecule is CN(C)c1ccc(N(S)C(N)=O)cc1CN(C(=O)OC(C)(C)C)C(=O)OC(C)(C)C. The lowest BCUT2D eigenvalue weighted by atomic mass is 10.1. The number of carbonyl (C=O) groups excluding carboxylic acids is 3. The highest BCUT2D eigenvalue weighted by molar-refractivity contribution is 7.82. The van der Waals surface area contributed by atoms with E-state index in [1.807, 2.05) is 19.0 Å². The maximum absolute atomic E-state index is 12.8. The fourth-order valence-electron chi connectivity index (χ4n) is 2.40. The number of hydrogen-bond donors (Lipinski definition) is 2. The number of hydrogen-bond acceptors (Lipinski definition) is 7. The average molecular weight is 441 g/mol. The predicted octanol–water partition coefficient (Wildman–Crippen LogP) is 4.15. The molecule has 0 unspecified atom stereocenters. The number of benzene rings is 1. The van der Waals surface area contributed by atoms with Crippen LogP contribution in [-0.4, -0.2) is 48.4 Å². The number of nitrogens with two attached hydrogens (primary N) is 1. The first-order valence-electron chi connectivity index (χ1n) is 9.34. The maximum Gasteiger partial charge on any atom is 0.420 e. The number of nitrogens with zero attached hydrogens (tertiary/aromatic N) is 3. The van der Waals surface area contributed by atoms with E-state index in [-0.39, 0.29) is 6.54 Å². The molecule has 4 amide bonds. The minimum absolute atomic E-state index is 0.147. The molecule has 0 aliphatic heterocycles. The zero-order chi connectivity index (χ0) is 23.4.